The van der Waals surface area contributed by atoms with Gasteiger partial charge in [-0.3, -0.25) is 4.79 Å². The number of halogens is 3. The molecule has 2 aromatic rings. The summed E-state index contributed by atoms with van der Waals surface area (Å²) in [7, 11) is 0. The highest BCUT2D eigenvalue weighted by atomic mass is 35.5. The van der Waals surface area contributed by atoms with E-state index < -0.39 is 5.82 Å². The number of nitrogens with zero attached hydrogens (tertiary/aromatic N) is 1. The number of likely N-dealkylation sites (tertiary alicyclic amines) is 1. The standard InChI is InChI=1S/C18H18ClFN2O2.ClH/c19-13-2-4-15(5-3-13)24-17-6-1-12(11-16(17)20)18(23)22-9-7-14(21)8-10-22;/h1-6,11,14H,7-10,21H2;1H. The molecule has 0 radical (unpaired) electrons. The molecule has 0 atom stereocenters. The van der Waals surface area contributed by atoms with Crippen LogP contribution in [0.1, 0.15) is 23.2 Å². The maximum Gasteiger partial charge on any atom is 0.253 e. The fourth-order valence-electron chi connectivity index (χ4n) is 2.63. The molecule has 1 aliphatic heterocycles. The Bertz CT molecular complexity index is 732. The fraction of sp³-hybridized carbons (Fsp3) is 0.278. The lowest BCUT2D eigenvalue weighted by atomic mass is 10.0. The van der Waals surface area contributed by atoms with Gasteiger partial charge < -0.3 is 15.4 Å². The summed E-state index contributed by atoms with van der Waals surface area (Å²) in [5.41, 5.74) is 6.15. The number of amides is 1. The number of ether oxygens (including phenoxy) is 1. The van der Waals surface area contributed by atoms with Crippen molar-refractivity contribution in [1.29, 1.82) is 0 Å². The van der Waals surface area contributed by atoms with Crippen molar-refractivity contribution >= 4 is 29.9 Å². The fourth-order valence-corrected chi connectivity index (χ4v) is 2.76. The molecular weight excluding hydrogens is 366 g/mol. The maximum atomic E-state index is 14.3. The molecule has 1 aliphatic rings. The highest BCUT2D eigenvalue weighted by Gasteiger charge is 2.22. The summed E-state index contributed by atoms with van der Waals surface area (Å²) >= 11 is 5.80. The molecule has 1 amide bonds. The van der Waals surface area contributed by atoms with E-state index >= 15 is 0 Å². The average Bonchev–Trinajstić information content (AvgIpc) is 2.58. The van der Waals surface area contributed by atoms with Crippen molar-refractivity contribution in [3.8, 4) is 11.5 Å². The van der Waals surface area contributed by atoms with Gasteiger partial charge in [0.05, 0.1) is 0 Å². The van der Waals surface area contributed by atoms with E-state index in [2.05, 4.69) is 0 Å². The third kappa shape index (κ3) is 4.84. The summed E-state index contributed by atoms with van der Waals surface area (Å²) in [5.74, 6) is -0.222. The van der Waals surface area contributed by atoms with Gasteiger partial charge in [0, 0.05) is 29.7 Å². The Morgan fingerprint density at radius 2 is 1.80 bits per heavy atom. The minimum Gasteiger partial charge on any atom is -0.454 e. The number of carbonyl (C=O) groups excluding carboxylic acids is 1. The highest BCUT2D eigenvalue weighted by Crippen LogP contribution is 2.27. The molecule has 1 heterocycles. The van der Waals surface area contributed by atoms with Crippen LogP contribution in [0.3, 0.4) is 0 Å². The van der Waals surface area contributed by atoms with E-state index in [0.29, 0.717) is 29.4 Å². The van der Waals surface area contributed by atoms with E-state index in [1.165, 1.54) is 12.1 Å². The van der Waals surface area contributed by atoms with Crippen LogP contribution in [0.25, 0.3) is 0 Å². The molecule has 134 valence electrons. The van der Waals surface area contributed by atoms with E-state index in [1.807, 2.05) is 0 Å². The Labute approximate surface area is 157 Å². The first-order chi connectivity index (χ1) is 11.5. The van der Waals surface area contributed by atoms with Gasteiger partial charge in [0.1, 0.15) is 5.75 Å². The summed E-state index contributed by atoms with van der Waals surface area (Å²) in [6.07, 6.45) is 1.54. The normalized spacial score (nSPS) is 14.8. The Kier molecular flexibility index (Phi) is 6.64. The zero-order chi connectivity index (χ0) is 17.1. The van der Waals surface area contributed by atoms with Crippen LogP contribution in [0.2, 0.25) is 5.02 Å². The molecule has 3 rings (SSSR count). The monoisotopic (exact) mass is 384 g/mol. The molecule has 4 nitrogen and oxygen atoms in total. The molecule has 25 heavy (non-hydrogen) atoms. The second-order valence-electron chi connectivity index (χ2n) is 5.83. The predicted octanol–water partition coefficient (Wildman–Crippen LogP) is 4.26. The largest absolute Gasteiger partial charge is 0.454 e. The lowest BCUT2D eigenvalue weighted by Gasteiger charge is -2.30. The van der Waals surface area contributed by atoms with E-state index in [9.17, 15) is 9.18 Å². The Morgan fingerprint density at radius 1 is 1.16 bits per heavy atom. The van der Waals surface area contributed by atoms with E-state index in [1.54, 1.807) is 35.2 Å². The summed E-state index contributed by atoms with van der Waals surface area (Å²) in [5, 5.41) is 0.574. The van der Waals surface area contributed by atoms with E-state index in [0.717, 1.165) is 12.8 Å². The number of benzene rings is 2. The zero-order valence-electron chi connectivity index (χ0n) is 13.5. The van der Waals surface area contributed by atoms with Gasteiger partial charge in [-0.25, -0.2) is 4.39 Å². The summed E-state index contributed by atoms with van der Waals surface area (Å²) in [6, 6.07) is 11.0. The van der Waals surface area contributed by atoms with Gasteiger partial charge in [-0.15, -0.1) is 12.4 Å². The van der Waals surface area contributed by atoms with Crippen LogP contribution >= 0.6 is 24.0 Å². The van der Waals surface area contributed by atoms with Crippen molar-refractivity contribution in [2.45, 2.75) is 18.9 Å². The SMILES string of the molecule is Cl.NC1CCN(C(=O)c2ccc(Oc3ccc(Cl)cc3)c(F)c2)CC1. The van der Waals surface area contributed by atoms with Crippen molar-refractivity contribution < 1.29 is 13.9 Å². The smallest absolute Gasteiger partial charge is 0.253 e. The van der Waals surface area contributed by atoms with Crippen molar-refractivity contribution in [2.75, 3.05) is 13.1 Å². The van der Waals surface area contributed by atoms with Gasteiger partial charge in [-0.1, -0.05) is 11.6 Å². The molecule has 0 saturated carbocycles. The molecular formula is C18H19Cl2FN2O2. The highest BCUT2D eigenvalue weighted by molar-refractivity contribution is 6.30. The molecule has 0 bridgehead atoms. The number of hydrogen-bond donors (Lipinski definition) is 1. The lowest BCUT2D eigenvalue weighted by Crippen LogP contribution is -2.42. The maximum absolute atomic E-state index is 14.3. The first-order valence-electron chi connectivity index (χ1n) is 7.81. The summed E-state index contributed by atoms with van der Waals surface area (Å²) in [4.78, 5) is 14.1. The average molecular weight is 385 g/mol. The van der Waals surface area contributed by atoms with Crippen LogP contribution in [0.5, 0.6) is 11.5 Å². The number of rotatable bonds is 3. The van der Waals surface area contributed by atoms with Gasteiger partial charge in [-0.2, -0.15) is 0 Å². The molecule has 0 spiro atoms. The summed E-state index contributed by atoms with van der Waals surface area (Å²) < 4.78 is 19.7. The number of hydrogen-bond acceptors (Lipinski definition) is 3. The second-order valence-corrected chi connectivity index (χ2v) is 6.27. The number of piperidine rings is 1. The third-order valence-electron chi connectivity index (χ3n) is 4.05. The second kappa shape index (κ2) is 8.52. The van der Waals surface area contributed by atoms with Gasteiger partial charge in [0.25, 0.3) is 5.91 Å². The molecule has 1 saturated heterocycles. The Balaban J connectivity index is 0.00000225. The molecule has 0 aromatic heterocycles. The number of nitrogens with two attached hydrogens (primary N) is 1. The Hall–Kier alpha value is -1.82. The van der Waals surface area contributed by atoms with Crippen molar-refractivity contribution in [3.05, 3.63) is 58.9 Å². The molecule has 7 heteroatoms. The van der Waals surface area contributed by atoms with Crippen LogP contribution in [-0.4, -0.2) is 29.9 Å². The van der Waals surface area contributed by atoms with Crippen molar-refractivity contribution in [3.63, 3.8) is 0 Å². The van der Waals surface area contributed by atoms with E-state index in [-0.39, 0.29) is 30.1 Å². The van der Waals surface area contributed by atoms with Gasteiger partial charge in [-0.05, 0) is 55.3 Å². The number of carbonyl (C=O) groups is 1. The van der Waals surface area contributed by atoms with Crippen LogP contribution < -0.4 is 10.5 Å². The first-order valence-corrected chi connectivity index (χ1v) is 8.18. The van der Waals surface area contributed by atoms with Gasteiger partial charge >= 0.3 is 0 Å². The van der Waals surface area contributed by atoms with Gasteiger partial charge in [0.2, 0.25) is 0 Å². The van der Waals surface area contributed by atoms with Crippen molar-refractivity contribution in [2.24, 2.45) is 5.73 Å². The first kappa shape index (κ1) is 19.5. The van der Waals surface area contributed by atoms with Gasteiger partial charge in [0.15, 0.2) is 11.6 Å². The van der Waals surface area contributed by atoms with Crippen LogP contribution in [0.15, 0.2) is 42.5 Å². The minimum atomic E-state index is -0.579. The lowest BCUT2D eigenvalue weighted by molar-refractivity contribution is 0.0714. The van der Waals surface area contributed by atoms with Crippen molar-refractivity contribution in [1.82, 2.24) is 4.90 Å². The molecule has 1 fully saturated rings. The molecule has 0 aliphatic carbocycles. The molecule has 0 unspecified atom stereocenters. The van der Waals surface area contributed by atoms with E-state index in [4.69, 9.17) is 22.1 Å². The molecule has 2 aromatic carbocycles. The van der Waals surface area contributed by atoms with Crippen LogP contribution in [-0.2, 0) is 0 Å². The van der Waals surface area contributed by atoms with Crippen LogP contribution in [0.4, 0.5) is 4.39 Å². The minimum absolute atomic E-state index is 0. The summed E-state index contributed by atoms with van der Waals surface area (Å²) in [6.45, 7) is 1.20. The third-order valence-corrected chi connectivity index (χ3v) is 4.30. The molecule has 2 N–H and O–H groups in total. The topological polar surface area (TPSA) is 55.6 Å². The Morgan fingerprint density at radius 3 is 2.40 bits per heavy atom. The van der Waals surface area contributed by atoms with Crippen LogP contribution in [0, 0.1) is 5.82 Å². The zero-order valence-corrected chi connectivity index (χ0v) is 15.0. The quantitative estimate of drug-likeness (QED) is 0.859. The predicted molar refractivity (Wildman–Crippen MR) is 98.3 cm³/mol.